The van der Waals surface area contributed by atoms with E-state index >= 15 is 0 Å². The molecule has 20 heavy (non-hydrogen) atoms. The van der Waals surface area contributed by atoms with Gasteiger partial charge in [0.05, 0.1) is 25.6 Å². The third kappa shape index (κ3) is 3.06. The number of ether oxygens (including phenoxy) is 2. The van der Waals surface area contributed by atoms with Crippen molar-refractivity contribution in [1.29, 1.82) is 0 Å². The van der Waals surface area contributed by atoms with Gasteiger partial charge in [0, 0.05) is 12.1 Å². The van der Waals surface area contributed by atoms with Gasteiger partial charge in [0.2, 0.25) is 0 Å². The molecule has 0 spiro atoms. The first kappa shape index (κ1) is 13.9. The first-order valence-electron chi connectivity index (χ1n) is 6.14. The summed E-state index contributed by atoms with van der Waals surface area (Å²) < 4.78 is 10.4. The van der Waals surface area contributed by atoms with Crippen LogP contribution in [0.15, 0.2) is 46.6 Å². The number of anilines is 1. The Morgan fingerprint density at radius 1 is 0.900 bits per heavy atom. The molecule has 0 aliphatic carbocycles. The molecule has 0 aromatic heterocycles. The molecule has 2 aromatic carbocycles. The summed E-state index contributed by atoms with van der Waals surface area (Å²) in [7, 11) is 3.12. The lowest BCUT2D eigenvalue weighted by Crippen LogP contribution is -1.93. The van der Waals surface area contributed by atoms with Gasteiger partial charge in [-0.15, -0.1) is 5.11 Å². The highest BCUT2D eigenvalue weighted by atomic mass is 16.5. The van der Waals surface area contributed by atoms with Crippen molar-refractivity contribution in [2.75, 3.05) is 20.0 Å². The van der Waals surface area contributed by atoms with Crippen molar-refractivity contribution >= 4 is 17.1 Å². The Balaban J connectivity index is 2.34. The zero-order valence-electron chi connectivity index (χ0n) is 11.8. The molecule has 5 nitrogen and oxygen atoms in total. The highest BCUT2D eigenvalue weighted by molar-refractivity contribution is 5.66. The molecule has 0 fully saturated rings. The van der Waals surface area contributed by atoms with Crippen molar-refractivity contribution in [3.05, 3.63) is 42.0 Å². The van der Waals surface area contributed by atoms with Gasteiger partial charge in [0.15, 0.2) is 0 Å². The van der Waals surface area contributed by atoms with E-state index in [1.165, 1.54) is 5.56 Å². The minimum absolute atomic E-state index is 0.499. The molecule has 0 unspecified atom stereocenters. The predicted molar refractivity (Wildman–Crippen MR) is 79.3 cm³/mol. The summed E-state index contributed by atoms with van der Waals surface area (Å²) in [5.41, 5.74) is 8.84. The molecule has 0 bridgehead atoms. The molecular weight excluding hydrogens is 254 g/mol. The van der Waals surface area contributed by atoms with Crippen molar-refractivity contribution in [1.82, 2.24) is 0 Å². The van der Waals surface area contributed by atoms with Crippen molar-refractivity contribution in [2.45, 2.75) is 6.92 Å². The van der Waals surface area contributed by atoms with E-state index in [-0.39, 0.29) is 0 Å². The molecule has 0 radical (unpaired) electrons. The number of methoxy groups -OCH3 is 2. The first-order valence-corrected chi connectivity index (χ1v) is 6.14. The first-order chi connectivity index (χ1) is 9.63. The average molecular weight is 271 g/mol. The number of aryl methyl sites for hydroxylation is 1. The number of hydrogen-bond donors (Lipinski definition) is 1. The van der Waals surface area contributed by atoms with Crippen molar-refractivity contribution in [3.8, 4) is 11.5 Å². The standard InChI is InChI=1S/C15H17N3O2/c1-10-4-6-11(7-5-10)17-18-13-9-14(19-2)12(16)8-15(13)20-3/h4-9H,16H2,1-3H3. The molecule has 0 aliphatic heterocycles. The molecule has 0 saturated carbocycles. The monoisotopic (exact) mass is 271 g/mol. The molecule has 5 heteroatoms. The molecule has 0 heterocycles. The number of rotatable bonds is 4. The zero-order chi connectivity index (χ0) is 14.5. The Morgan fingerprint density at radius 3 is 2.15 bits per heavy atom. The van der Waals surface area contributed by atoms with E-state index in [9.17, 15) is 0 Å². The maximum atomic E-state index is 5.82. The van der Waals surface area contributed by atoms with Crippen LogP contribution in [0.3, 0.4) is 0 Å². The van der Waals surface area contributed by atoms with Crippen molar-refractivity contribution in [3.63, 3.8) is 0 Å². The summed E-state index contributed by atoms with van der Waals surface area (Å²) in [5.74, 6) is 1.10. The molecule has 2 rings (SSSR count). The predicted octanol–water partition coefficient (Wildman–Crippen LogP) is 4.01. The quantitative estimate of drug-likeness (QED) is 0.674. The number of benzene rings is 2. The lowest BCUT2D eigenvalue weighted by molar-refractivity contribution is 0.406. The lowest BCUT2D eigenvalue weighted by Gasteiger charge is -2.09. The topological polar surface area (TPSA) is 69.2 Å². The van der Waals surface area contributed by atoms with Gasteiger partial charge >= 0.3 is 0 Å². The van der Waals surface area contributed by atoms with Crippen LogP contribution in [0.1, 0.15) is 5.56 Å². The largest absolute Gasteiger partial charge is 0.495 e. The Hall–Kier alpha value is -2.56. The Morgan fingerprint density at radius 2 is 1.55 bits per heavy atom. The van der Waals surface area contributed by atoms with Gasteiger partial charge < -0.3 is 15.2 Å². The zero-order valence-corrected chi connectivity index (χ0v) is 11.8. The van der Waals surface area contributed by atoms with Crippen LogP contribution in [-0.2, 0) is 0 Å². The minimum atomic E-state index is 0.499. The summed E-state index contributed by atoms with van der Waals surface area (Å²) >= 11 is 0. The van der Waals surface area contributed by atoms with Crippen LogP contribution >= 0.6 is 0 Å². The number of nitrogens with two attached hydrogens (primary N) is 1. The molecule has 0 aliphatic rings. The van der Waals surface area contributed by atoms with Gasteiger partial charge in [0.25, 0.3) is 0 Å². The van der Waals surface area contributed by atoms with Gasteiger partial charge in [-0.3, -0.25) is 0 Å². The van der Waals surface area contributed by atoms with E-state index in [1.54, 1.807) is 26.4 Å². The minimum Gasteiger partial charge on any atom is -0.495 e. The van der Waals surface area contributed by atoms with E-state index in [4.69, 9.17) is 15.2 Å². The number of nitrogens with zero attached hydrogens (tertiary/aromatic N) is 2. The summed E-state index contributed by atoms with van der Waals surface area (Å²) in [6.45, 7) is 2.02. The second-order valence-electron chi connectivity index (χ2n) is 4.30. The summed E-state index contributed by atoms with van der Waals surface area (Å²) in [6.07, 6.45) is 0. The van der Waals surface area contributed by atoms with Gasteiger partial charge in [-0.25, -0.2) is 0 Å². The van der Waals surface area contributed by atoms with Crippen molar-refractivity contribution < 1.29 is 9.47 Å². The van der Waals surface area contributed by atoms with Gasteiger partial charge in [-0.2, -0.15) is 5.11 Å². The lowest BCUT2D eigenvalue weighted by atomic mass is 10.2. The molecule has 0 amide bonds. The highest BCUT2D eigenvalue weighted by Gasteiger charge is 2.08. The molecule has 104 valence electrons. The Kier molecular flexibility index (Phi) is 4.20. The van der Waals surface area contributed by atoms with E-state index in [0.717, 1.165) is 5.69 Å². The number of azo groups is 1. The van der Waals surface area contributed by atoms with Gasteiger partial charge in [-0.05, 0) is 19.1 Å². The Labute approximate surface area is 118 Å². The summed E-state index contributed by atoms with van der Waals surface area (Å²) in [4.78, 5) is 0. The van der Waals surface area contributed by atoms with Crippen LogP contribution in [0.2, 0.25) is 0 Å². The second kappa shape index (κ2) is 6.06. The molecule has 0 atom stereocenters. The fourth-order valence-corrected chi connectivity index (χ4v) is 1.71. The number of hydrogen-bond acceptors (Lipinski definition) is 5. The van der Waals surface area contributed by atoms with E-state index in [1.807, 2.05) is 31.2 Å². The van der Waals surface area contributed by atoms with Crippen LogP contribution in [0.25, 0.3) is 0 Å². The molecule has 2 N–H and O–H groups in total. The third-order valence-electron chi connectivity index (χ3n) is 2.84. The highest BCUT2D eigenvalue weighted by Crippen LogP contribution is 2.37. The summed E-state index contributed by atoms with van der Waals surface area (Å²) in [5, 5.41) is 8.37. The SMILES string of the molecule is COc1cc(N=Nc2ccc(C)cc2)c(OC)cc1N. The van der Waals surface area contributed by atoms with Crippen LogP contribution in [0.5, 0.6) is 11.5 Å². The molecule has 2 aromatic rings. The van der Waals surface area contributed by atoms with Crippen LogP contribution in [-0.4, -0.2) is 14.2 Å². The maximum Gasteiger partial charge on any atom is 0.148 e. The maximum absolute atomic E-state index is 5.82. The van der Waals surface area contributed by atoms with Crippen LogP contribution in [0.4, 0.5) is 17.1 Å². The molecular formula is C15H17N3O2. The fraction of sp³-hybridized carbons (Fsp3) is 0.200. The van der Waals surface area contributed by atoms with E-state index < -0.39 is 0 Å². The normalized spacial score (nSPS) is 10.8. The van der Waals surface area contributed by atoms with Crippen LogP contribution in [0, 0.1) is 6.92 Å². The van der Waals surface area contributed by atoms with Gasteiger partial charge in [0.1, 0.15) is 17.2 Å². The number of nitrogen functional groups attached to an aromatic ring is 1. The summed E-state index contributed by atoms with van der Waals surface area (Å²) in [6, 6.07) is 11.1. The smallest absolute Gasteiger partial charge is 0.148 e. The van der Waals surface area contributed by atoms with E-state index in [2.05, 4.69) is 10.2 Å². The Bertz CT molecular complexity index is 622. The average Bonchev–Trinajstić information content (AvgIpc) is 2.47. The fourth-order valence-electron chi connectivity index (χ4n) is 1.71. The van der Waals surface area contributed by atoms with E-state index in [0.29, 0.717) is 22.9 Å². The van der Waals surface area contributed by atoms with Crippen molar-refractivity contribution in [2.24, 2.45) is 10.2 Å². The van der Waals surface area contributed by atoms with Gasteiger partial charge in [-0.1, -0.05) is 17.7 Å². The second-order valence-corrected chi connectivity index (χ2v) is 4.30. The molecule has 0 saturated heterocycles. The van der Waals surface area contributed by atoms with Crippen LogP contribution < -0.4 is 15.2 Å². The third-order valence-corrected chi connectivity index (χ3v) is 2.84.